The highest BCUT2D eigenvalue weighted by Crippen LogP contribution is 2.17. The minimum absolute atomic E-state index is 0.707. The Labute approximate surface area is 107 Å². The number of allylic oxidation sites excluding steroid dienone is 4. The predicted octanol–water partition coefficient (Wildman–Crippen LogP) is 4.18. The molecule has 2 N–H and O–H groups in total. The molecule has 0 saturated carbocycles. The van der Waals surface area contributed by atoms with E-state index in [0.717, 1.165) is 26.9 Å². The monoisotopic (exact) mass is 255 g/mol. The van der Waals surface area contributed by atoms with Crippen LogP contribution in [0.3, 0.4) is 0 Å². The van der Waals surface area contributed by atoms with Crippen LogP contribution >= 0.6 is 23.2 Å². The second-order valence-electron chi connectivity index (χ2n) is 3.76. The molecule has 0 aliphatic heterocycles. The van der Waals surface area contributed by atoms with Crippen LogP contribution in [0.5, 0.6) is 0 Å². The maximum absolute atomic E-state index is 5.95. The van der Waals surface area contributed by atoms with Crippen LogP contribution in [-0.4, -0.2) is 0 Å². The molecule has 0 spiro atoms. The van der Waals surface area contributed by atoms with E-state index >= 15 is 0 Å². The zero-order valence-corrected chi connectivity index (χ0v) is 10.9. The number of benzene rings is 1. The van der Waals surface area contributed by atoms with Crippen LogP contribution in [0.4, 0.5) is 0 Å². The van der Waals surface area contributed by atoms with Crippen molar-refractivity contribution in [2.24, 2.45) is 5.73 Å². The lowest BCUT2D eigenvalue weighted by molar-refractivity contribution is 1.10. The molecule has 0 aromatic heterocycles. The summed E-state index contributed by atoms with van der Waals surface area (Å²) in [5, 5.41) is 1.50. The van der Waals surface area contributed by atoms with Gasteiger partial charge in [-0.15, -0.1) is 0 Å². The summed E-state index contributed by atoms with van der Waals surface area (Å²) in [5.41, 5.74) is 8.86. The number of halogens is 2. The molecule has 1 rings (SSSR count). The summed E-state index contributed by atoms with van der Waals surface area (Å²) < 4.78 is 0. The number of aryl methyl sites for hydroxylation is 1. The molecule has 1 aromatic rings. The van der Waals surface area contributed by atoms with Gasteiger partial charge in [-0.1, -0.05) is 35.3 Å². The van der Waals surface area contributed by atoms with Crippen molar-refractivity contribution in [1.82, 2.24) is 0 Å². The number of rotatable bonds is 3. The normalized spacial score (nSPS) is 13.0. The third kappa shape index (κ3) is 4.30. The fraction of sp³-hybridized carbons (Fsp3) is 0.231. The molecule has 86 valence electrons. The van der Waals surface area contributed by atoms with E-state index in [1.54, 1.807) is 6.08 Å². The smallest absolute Gasteiger partial charge is 0.0435 e. The third-order valence-corrected chi connectivity index (χ3v) is 2.71. The van der Waals surface area contributed by atoms with Crippen LogP contribution < -0.4 is 5.73 Å². The van der Waals surface area contributed by atoms with E-state index in [1.165, 1.54) is 0 Å². The molecule has 0 saturated heterocycles. The average Bonchev–Trinajstić information content (AvgIpc) is 2.21. The van der Waals surface area contributed by atoms with Crippen molar-refractivity contribution in [1.29, 1.82) is 0 Å². The van der Waals surface area contributed by atoms with Crippen LogP contribution in [0, 0.1) is 6.92 Å². The molecule has 0 unspecified atom stereocenters. The quantitative estimate of drug-likeness (QED) is 0.807. The molecule has 0 aliphatic rings. The first kappa shape index (κ1) is 13.1. The Bertz CT molecular complexity index is 430. The Balaban J connectivity index is 2.77. The fourth-order valence-electron chi connectivity index (χ4n) is 1.33. The average molecular weight is 256 g/mol. The van der Waals surface area contributed by atoms with Gasteiger partial charge in [0.05, 0.1) is 0 Å². The number of hydrogen-bond acceptors (Lipinski definition) is 1. The van der Waals surface area contributed by atoms with Crippen LogP contribution in [-0.2, 0) is 6.42 Å². The van der Waals surface area contributed by atoms with Crippen LogP contribution in [0.15, 0.2) is 41.1 Å². The van der Waals surface area contributed by atoms with Crippen molar-refractivity contribution in [3.05, 3.63) is 57.2 Å². The molecule has 1 aromatic carbocycles. The van der Waals surface area contributed by atoms with Gasteiger partial charge in [0.15, 0.2) is 0 Å². The first-order valence-electron chi connectivity index (χ1n) is 5.02. The van der Waals surface area contributed by atoms with Crippen molar-refractivity contribution >= 4 is 23.2 Å². The maximum atomic E-state index is 5.95. The van der Waals surface area contributed by atoms with Crippen LogP contribution in [0.1, 0.15) is 18.1 Å². The summed E-state index contributed by atoms with van der Waals surface area (Å²) in [7, 11) is 0. The van der Waals surface area contributed by atoms with Gasteiger partial charge in [0, 0.05) is 22.2 Å². The lowest BCUT2D eigenvalue weighted by atomic mass is 10.1. The summed E-state index contributed by atoms with van der Waals surface area (Å²) in [6.45, 7) is 3.80. The molecule has 1 nitrogen and oxygen atoms in total. The molecule has 0 amide bonds. The first-order valence-corrected chi connectivity index (χ1v) is 5.78. The van der Waals surface area contributed by atoms with Gasteiger partial charge < -0.3 is 5.73 Å². The van der Waals surface area contributed by atoms with Gasteiger partial charge in [0.25, 0.3) is 0 Å². The van der Waals surface area contributed by atoms with Gasteiger partial charge in [-0.2, -0.15) is 0 Å². The predicted molar refractivity (Wildman–Crippen MR) is 71.8 cm³/mol. The zero-order chi connectivity index (χ0) is 12.1. The number of hydrogen-bond donors (Lipinski definition) is 1. The van der Waals surface area contributed by atoms with E-state index in [0.29, 0.717) is 6.42 Å². The summed E-state index contributed by atoms with van der Waals surface area (Å²) in [4.78, 5) is 0. The van der Waals surface area contributed by atoms with E-state index < -0.39 is 0 Å². The SMILES string of the molecule is C/C(Cl)=C\C=C(/N)Cc1ccc(Cl)c(C)c1. The minimum atomic E-state index is 0.707. The molecule has 0 heterocycles. The fourth-order valence-corrected chi connectivity index (χ4v) is 1.51. The van der Waals surface area contributed by atoms with Crippen LogP contribution in [0.2, 0.25) is 5.02 Å². The van der Waals surface area contributed by atoms with Gasteiger partial charge >= 0.3 is 0 Å². The van der Waals surface area contributed by atoms with Gasteiger partial charge in [0.2, 0.25) is 0 Å². The third-order valence-electron chi connectivity index (χ3n) is 2.16. The molecular weight excluding hydrogens is 241 g/mol. The maximum Gasteiger partial charge on any atom is 0.0435 e. The highest BCUT2D eigenvalue weighted by atomic mass is 35.5. The molecule has 16 heavy (non-hydrogen) atoms. The molecule has 0 fully saturated rings. The molecule has 3 heteroatoms. The second kappa shape index (κ2) is 5.97. The molecule has 0 bridgehead atoms. The largest absolute Gasteiger partial charge is 0.402 e. The Hall–Kier alpha value is -0.920. The summed E-state index contributed by atoms with van der Waals surface area (Å²) >= 11 is 11.7. The van der Waals surface area contributed by atoms with Crippen molar-refractivity contribution in [3.8, 4) is 0 Å². The van der Waals surface area contributed by atoms with Gasteiger partial charge in [-0.3, -0.25) is 0 Å². The minimum Gasteiger partial charge on any atom is -0.402 e. The molecular formula is C13H15Cl2N. The highest BCUT2D eigenvalue weighted by Gasteiger charge is 1.98. The van der Waals surface area contributed by atoms with Crippen molar-refractivity contribution in [2.45, 2.75) is 20.3 Å². The Kier molecular flexibility index (Phi) is 4.91. The number of nitrogens with two attached hydrogens (primary N) is 1. The summed E-state index contributed by atoms with van der Waals surface area (Å²) in [6.07, 6.45) is 4.32. The Morgan fingerprint density at radius 2 is 2.06 bits per heavy atom. The van der Waals surface area contributed by atoms with Gasteiger partial charge in [-0.05, 0) is 43.2 Å². The lowest BCUT2D eigenvalue weighted by Crippen LogP contribution is -2.01. The first-order chi connectivity index (χ1) is 7.49. The van der Waals surface area contributed by atoms with E-state index in [1.807, 2.05) is 38.1 Å². The van der Waals surface area contributed by atoms with Crippen molar-refractivity contribution in [2.75, 3.05) is 0 Å². The Morgan fingerprint density at radius 3 is 2.62 bits per heavy atom. The van der Waals surface area contributed by atoms with E-state index in [-0.39, 0.29) is 0 Å². The molecule has 0 radical (unpaired) electrons. The van der Waals surface area contributed by atoms with E-state index in [2.05, 4.69) is 0 Å². The molecule has 0 atom stereocenters. The van der Waals surface area contributed by atoms with E-state index in [4.69, 9.17) is 28.9 Å². The molecule has 0 aliphatic carbocycles. The van der Waals surface area contributed by atoms with Gasteiger partial charge in [0.1, 0.15) is 0 Å². The summed E-state index contributed by atoms with van der Waals surface area (Å²) in [5.74, 6) is 0. The second-order valence-corrected chi connectivity index (χ2v) is 4.76. The van der Waals surface area contributed by atoms with Gasteiger partial charge in [-0.25, -0.2) is 0 Å². The standard InChI is InChI=1S/C13H15Cl2N/c1-9-7-11(4-6-13(9)15)8-12(16)5-3-10(2)14/h3-7H,8,16H2,1-2H3/b10-3+,12-5-. The van der Waals surface area contributed by atoms with Crippen molar-refractivity contribution < 1.29 is 0 Å². The lowest BCUT2D eigenvalue weighted by Gasteiger charge is -2.04. The topological polar surface area (TPSA) is 26.0 Å². The van der Waals surface area contributed by atoms with Crippen LogP contribution in [0.25, 0.3) is 0 Å². The summed E-state index contributed by atoms with van der Waals surface area (Å²) in [6, 6.07) is 5.91. The highest BCUT2D eigenvalue weighted by molar-refractivity contribution is 6.31. The van der Waals surface area contributed by atoms with E-state index in [9.17, 15) is 0 Å². The zero-order valence-electron chi connectivity index (χ0n) is 9.43. The Morgan fingerprint density at radius 1 is 1.38 bits per heavy atom. The van der Waals surface area contributed by atoms with Crippen molar-refractivity contribution in [3.63, 3.8) is 0 Å².